The van der Waals surface area contributed by atoms with Crippen molar-refractivity contribution < 1.29 is 14.7 Å². The molecule has 0 heterocycles. The number of fused-ring (bicyclic) bond motifs is 1. The average molecular weight is 217 g/mol. The molecule has 0 saturated carbocycles. The first-order valence-corrected chi connectivity index (χ1v) is 4.80. The van der Waals surface area contributed by atoms with Crippen LogP contribution >= 0.6 is 0 Å². The second kappa shape index (κ2) is 4.20. The SMILES string of the molecule is CN(O)C(=O)Oc1cccc2ccccc12. The predicted molar refractivity (Wildman–Crippen MR) is 59.5 cm³/mol. The zero-order chi connectivity index (χ0) is 11.5. The zero-order valence-electron chi connectivity index (χ0n) is 8.75. The van der Waals surface area contributed by atoms with Crippen LogP contribution in [0.5, 0.6) is 5.75 Å². The summed E-state index contributed by atoms with van der Waals surface area (Å²) in [7, 11) is 1.22. The maximum absolute atomic E-state index is 11.2. The Labute approximate surface area is 92.6 Å². The molecule has 1 N–H and O–H groups in total. The van der Waals surface area contributed by atoms with Gasteiger partial charge in [-0.05, 0) is 11.5 Å². The third-order valence-corrected chi connectivity index (χ3v) is 2.21. The number of amides is 1. The van der Waals surface area contributed by atoms with Gasteiger partial charge < -0.3 is 4.74 Å². The molecular formula is C12H11NO3. The molecule has 0 unspecified atom stereocenters. The fraction of sp³-hybridized carbons (Fsp3) is 0.0833. The van der Waals surface area contributed by atoms with Crippen molar-refractivity contribution in [2.24, 2.45) is 0 Å². The predicted octanol–water partition coefficient (Wildman–Crippen LogP) is 2.66. The van der Waals surface area contributed by atoms with E-state index in [4.69, 9.17) is 9.94 Å². The second-order valence-electron chi connectivity index (χ2n) is 3.37. The van der Waals surface area contributed by atoms with Gasteiger partial charge in [-0.3, -0.25) is 5.21 Å². The highest BCUT2D eigenvalue weighted by molar-refractivity contribution is 5.90. The lowest BCUT2D eigenvalue weighted by Gasteiger charge is -2.10. The van der Waals surface area contributed by atoms with E-state index in [1.54, 1.807) is 12.1 Å². The maximum atomic E-state index is 11.2. The molecule has 2 aromatic carbocycles. The van der Waals surface area contributed by atoms with Crippen molar-refractivity contribution >= 4 is 16.9 Å². The van der Waals surface area contributed by atoms with Crippen molar-refractivity contribution in [2.45, 2.75) is 0 Å². The minimum atomic E-state index is -0.809. The van der Waals surface area contributed by atoms with Crippen molar-refractivity contribution in [3.8, 4) is 5.75 Å². The molecule has 82 valence electrons. The van der Waals surface area contributed by atoms with E-state index >= 15 is 0 Å². The van der Waals surface area contributed by atoms with Crippen LogP contribution < -0.4 is 4.74 Å². The van der Waals surface area contributed by atoms with E-state index in [1.807, 2.05) is 30.3 Å². The minimum Gasteiger partial charge on any atom is -0.408 e. The monoisotopic (exact) mass is 217 g/mol. The van der Waals surface area contributed by atoms with Crippen LogP contribution in [0.1, 0.15) is 0 Å². The minimum absolute atomic E-state index is 0.405. The summed E-state index contributed by atoms with van der Waals surface area (Å²) in [6.45, 7) is 0. The van der Waals surface area contributed by atoms with E-state index in [2.05, 4.69) is 0 Å². The number of hydrogen-bond donors (Lipinski definition) is 1. The molecule has 0 aliphatic carbocycles. The molecule has 0 spiro atoms. The van der Waals surface area contributed by atoms with Gasteiger partial charge in [-0.15, -0.1) is 0 Å². The van der Waals surface area contributed by atoms with Gasteiger partial charge in [0.05, 0.1) is 0 Å². The van der Waals surface area contributed by atoms with Crippen LogP contribution in [0.2, 0.25) is 0 Å². The van der Waals surface area contributed by atoms with Crippen molar-refractivity contribution in [1.82, 2.24) is 5.06 Å². The Kier molecular flexibility index (Phi) is 2.74. The van der Waals surface area contributed by atoms with Crippen LogP contribution in [-0.4, -0.2) is 23.4 Å². The summed E-state index contributed by atoms with van der Waals surface area (Å²) < 4.78 is 5.03. The summed E-state index contributed by atoms with van der Waals surface area (Å²) in [5.74, 6) is 0.434. The number of carbonyl (C=O) groups is 1. The van der Waals surface area contributed by atoms with E-state index in [9.17, 15) is 4.79 Å². The number of ether oxygens (including phenoxy) is 1. The van der Waals surface area contributed by atoms with Gasteiger partial charge >= 0.3 is 6.09 Å². The Bertz CT molecular complexity index is 517. The van der Waals surface area contributed by atoms with E-state index in [0.29, 0.717) is 10.8 Å². The smallest absolute Gasteiger partial charge is 0.408 e. The lowest BCUT2D eigenvalue weighted by molar-refractivity contribution is -0.0370. The summed E-state index contributed by atoms with van der Waals surface area (Å²) in [6, 6.07) is 13.0. The van der Waals surface area contributed by atoms with Crippen molar-refractivity contribution in [3.63, 3.8) is 0 Å². The molecule has 2 rings (SSSR count). The lowest BCUT2D eigenvalue weighted by Crippen LogP contribution is -2.26. The molecule has 4 nitrogen and oxygen atoms in total. The van der Waals surface area contributed by atoms with Crippen molar-refractivity contribution in [1.29, 1.82) is 0 Å². The summed E-state index contributed by atoms with van der Waals surface area (Å²) in [5.41, 5.74) is 0. The Balaban J connectivity index is 2.41. The fourth-order valence-electron chi connectivity index (χ4n) is 1.44. The van der Waals surface area contributed by atoms with Crippen molar-refractivity contribution in [3.05, 3.63) is 42.5 Å². The Morgan fingerprint density at radius 3 is 2.62 bits per heavy atom. The number of hydroxylamine groups is 2. The first kappa shape index (κ1) is 10.4. The zero-order valence-corrected chi connectivity index (χ0v) is 8.75. The van der Waals surface area contributed by atoms with Crippen LogP contribution in [0, 0.1) is 0 Å². The normalized spacial score (nSPS) is 10.1. The quantitative estimate of drug-likeness (QED) is 0.590. The fourth-order valence-corrected chi connectivity index (χ4v) is 1.44. The van der Waals surface area contributed by atoms with Crippen LogP contribution in [0.15, 0.2) is 42.5 Å². The Hall–Kier alpha value is -2.07. The summed E-state index contributed by atoms with van der Waals surface area (Å²) in [5, 5.41) is 11.1. The van der Waals surface area contributed by atoms with E-state index < -0.39 is 6.09 Å². The van der Waals surface area contributed by atoms with Crippen LogP contribution in [0.25, 0.3) is 10.8 Å². The summed E-state index contributed by atoms with van der Waals surface area (Å²) in [6.07, 6.45) is -0.809. The highest BCUT2D eigenvalue weighted by atomic mass is 16.6. The van der Waals surface area contributed by atoms with Crippen LogP contribution in [-0.2, 0) is 0 Å². The average Bonchev–Trinajstić information content (AvgIpc) is 2.29. The first-order valence-electron chi connectivity index (χ1n) is 4.80. The van der Waals surface area contributed by atoms with Gasteiger partial charge in [0.1, 0.15) is 5.75 Å². The lowest BCUT2D eigenvalue weighted by atomic mass is 10.1. The third-order valence-electron chi connectivity index (χ3n) is 2.21. The number of rotatable bonds is 1. The largest absolute Gasteiger partial charge is 0.438 e. The molecule has 0 aliphatic rings. The van der Waals surface area contributed by atoms with Gasteiger partial charge in [0, 0.05) is 12.4 Å². The number of hydrogen-bond acceptors (Lipinski definition) is 3. The van der Waals surface area contributed by atoms with E-state index in [0.717, 1.165) is 10.8 Å². The van der Waals surface area contributed by atoms with Gasteiger partial charge in [-0.2, -0.15) is 5.06 Å². The number of carbonyl (C=O) groups excluding carboxylic acids is 1. The number of benzene rings is 2. The van der Waals surface area contributed by atoms with Gasteiger partial charge in [-0.1, -0.05) is 36.4 Å². The molecule has 0 saturated heterocycles. The molecule has 0 bridgehead atoms. The molecule has 4 heteroatoms. The topological polar surface area (TPSA) is 49.8 Å². The Morgan fingerprint density at radius 2 is 1.88 bits per heavy atom. The summed E-state index contributed by atoms with van der Waals surface area (Å²) >= 11 is 0. The molecule has 0 aromatic heterocycles. The molecule has 0 atom stereocenters. The standard InChI is InChI=1S/C12H11NO3/c1-13(15)12(14)16-11-8-4-6-9-5-2-3-7-10(9)11/h2-8,15H,1H3. The van der Waals surface area contributed by atoms with Gasteiger partial charge in [0.15, 0.2) is 0 Å². The van der Waals surface area contributed by atoms with Crippen molar-refractivity contribution in [2.75, 3.05) is 7.05 Å². The number of nitrogens with zero attached hydrogens (tertiary/aromatic N) is 1. The van der Waals surface area contributed by atoms with Gasteiger partial charge in [0.2, 0.25) is 0 Å². The molecule has 2 aromatic rings. The molecule has 0 aliphatic heterocycles. The van der Waals surface area contributed by atoms with E-state index in [1.165, 1.54) is 7.05 Å². The van der Waals surface area contributed by atoms with Crippen LogP contribution in [0.3, 0.4) is 0 Å². The maximum Gasteiger partial charge on any atom is 0.438 e. The van der Waals surface area contributed by atoms with E-state index in [-0.39, 0.29) is 0 Å². The van der Waals surface area contributed by atoms with Gasteiger partial charge in [-0.25, -0.2) is 4.79 Å². The summed E-state index contributed by atoms with van der Waals surface area (Å²) in [4.78, 5) is 11.2. The first-order chi connectivity index (χ1) is 7.68. The van der Waals surface area contributed by atoms with Gasteiger partial charge in [0.25, 0.3) is 0 Å². The Morgan fingerprint density at radius 1 is 1.19 bits per heavy atom. The highest BCUT2D eigenvalue weighted by Crippen LogP contribution is 2.25. The molecule has 1 amide bonds. The molecular weight excluding hydrogens is 206 g/mol. The highest BCUT2D eigenvalue weighted by Gasteiger charge is 2.10. The molecule has 0 fully saturated rings. The van der Waals surface area contributed by atoms with Crippen LogP contribution in [0.4, 0.5) is 4.79 Å². The molecule has 0 radical (unpaired) electrons. The molecule has 16 heavy (non-hydrogen) atoms. The third kappa shape index (κ3) is 1.97. The second-order valence-corrected chi connectivity index (χ2v) is 3.37.